The second-order valence-electron chi connectivity index (χ2n) is 5.50. The number of carbonyl (C=O) groups excluding carboxylic acids is 1. The van der Waals surface area contributed by atoms with Gasteiger partial charge in [-0.15, -0.1) is 0 Å². The van der Waals surface area contributed by atoms with Crippen molar-refractivity contribution in [1.82, 2.24) is 15.0 Å². The predicted octanol–water partition coefficient (Wildman–Crippen LogP) is 3.02. The smallest absolute Gasteiger partial charge is 0.249 e. The first kappa shape index (κ1) is 14.7. The standard InChI is InChI=1S/C16H18FN3O2/c1-2-3-14-18-16(22-19-14)13-8-9-15(21)20(13)10-11-4-6-12(17)7-5-11/h4-7,13H,2-3,8-10H2,1H3. The van der Waals surface area contributed by atoms with Crippen LogP contribution in [0, 0.1) is 5.82 Å². The number of hydrogen-bond acceptors (Lipinski definition) is 4. The lowest BCUT2D eigenvalue weighted by atomic mass is 10.2. The highest BCUT2D eigenvalue weighted by molar-refractivity contribution is 5.78. The fourth-order valence-corrected chi connectivity index (χ4v) is 2.70. The first-order valence-electron chi connectivity index (χ1n) is 7.53. The van der Waals surface area contributed by atoms with Gasteiger partial charge in [0.25, 0.3) is 0 Å². The Bertz CT molecular complexity index is 654. The lowest BCUT2D eigenvalue weighted by Crippen LogP contribution is -2.27. The third-order valence-corrected chi connectivity index (χ3v) is 3.84. The molecule has 2 heterocycles. The zero-order valence-corrected chi connectivity index (χ0v) is 12.5. The van der Waals surface area contributed by atoms with E-state index in [9.17, 15) is 9.18 Å². The number of halogens is 1. The Morgan fingerprint density at radius 1 is 1.36 bits per heavy atom. The number of hydrogen-bond donors (Lipinski definition) is 0. The molecule has 1 aliphatic heterocycles. The third kappa shape index (κ3) is 3.00. The molecule has 1 aromatic carbocycles. The quantitative estimate of drug-likeness (QED) is 0.852. The van der Waals surface area contributed by atoms with Gasteiger partial charge in [-0.05, 0) is 30.5 Å². The number of aryl methyl sites for hydroxylation is 1. The number of amides is 1. The molecule has 116 valence electrons. The molecule has 2 aromatic rings. The molecule has 5 nitrogen and oxygen atoms in total. The average Bonchev–Trinajstić information content (AvgIpc) is 3.10. The van der Waals surface area contributed by atoms with Crippen molar-refractivity contribution < 1.29 is 13.7 Å². The van der Waals surface area contributed by atoms with Crippen molar-refractivity contribution in [2.24, 2.45) is 0 Å². The molecule has 0 aliphatic carbocycles. The van der Waals surface area contributed by atoms with Gasteiger partial charge in [0, 0.05) is 19.4 Å². The SMILES string of the molecule is CCCc1noc(C2CCC(=O)N2Cc2ccc(F)cc2)n1. The fourth-order valence-electron chi connectivity index (χ4n) is 2.70. The molecule has 1 fully saturated rings. The van der Waals surface area contributed by atoms with Crippen LogP contribution in [0.5, 0.6) is 0 Å². The maximum absolute atomic E-state index is 13.0. The van der Waals surface area contributed by atoms with Crippen LogP contribution in [0.25, 0.3) is 0 Å². The van der Waals surface area contributed by atoms with E-state index in [1.165, 1.54) is 12.1 Å². The molecule has 1 unspecified atom stereocenters. The number of rotatable bonds is 5. The van der Waals surface area contributed by atoms with Gasteiger partial charge in [-0.2, -0.15) is 4.98 Å². The van der Waals surface area contributed by atoms with E-state index in [0.717, 1.165) is 18.4 Å². The maximum atomic E-state index is 13.0. The minimum Gasteiger partial charge on any atom is -0.337 e. The van der Waals surface area contributed by atoms with E-state index in [-0.39, 0.29) is 17.8 Å². The monoisotopic (exact) mass is 303 g/mol. The molecule has 1 aromatic heterocycles. The predicted molar refractivity (Wildman–Crippen MR) is 77.2 cm³/mol. The molecule has 0 bridgehead atoms. The van der Waals surface area contributed by atoms with E-state index in [2.05, 4.69) is 17.1 Å². The van der Waals surface area contributed by atoms with Gasteiger partial charge in [0.15, 0.2) is 5.82 Å². The van der Waals surface area contributed by atoms with Gasteiger partial charge >= 0.3 is 0 Å². The van der Waals surface area contributed by atoms with Gasteiger partial charge in [0.2, 0.25) is 11.8 Å². The van der Waals surface area contributed by atoms with Crippen LogP contribution in [0.1, 0.15) is 49.5 Å². The molecule has 1 amide bonds. The van der Waals surface area contributed by atoms with E-state index in [4.69, 9.17) is 4.52 Å². The summed E-state index contributed by atoms with van der Waals surface area (Å²) in [6.45, 7) is 2.48. The summed E-state index contributed by atoms with van der Waals surface area (Å²) < 4.78 is 18.3. The fraction of sp³-hybridized carbons (Fsp3) is 0.438. The summed E-state index contributed by atoms with van der Waals surface area (Å²) >= 11 is 0. The first-order chi connectivity index (χ1) is 10.7. The Morgan fingerprint density at radius 3 is 2.86 bits per heavy atom. The van der Waals surface area contributed by atoms with Crippen LogP contribution in [0.2, 0.25) is 0 Å². The third-order valence-electron chi connectivity index (χ3n) is 3.84. The summed E-state index contributed by atoms with van der Waals surface area (Å²) in [6.07, 6.45) is 2.86. The van der Waals surface area contributed by atoms with Gasteiger partial charge < -0.3 is 9.42 Å². The van der Waals surface area contributed by atoms with Crippen LogP contribution < -0.4 is 0 Å². The van der Waals surface area contributed by atoms with Crippen LogP contribution >= 0.6 is 0 Å². The van der Waals surface area contributed by atoms with Crippen molar-refractivity contribution in [3.05, 3.63) is 47.4 Å². The van der Waals surface area contributed by atoms with E-state index < -0.39 is 0 Å². The number of aromatic nitrogens is 2. The zero-order valence-electron chi connectivity index (χ0n) is 12.5. The maximum Gasteiger partial charge on any atom is 0.249 e. The van der Waals surface area contributed by atoms with E-state index in [0.29, 0.717) is 31.1 Å². The highest BCUT2D eigenvalue weighted by atomic mass is 19.1. The second kappa shape index (κ2) is 6.25. The molecule has 0 saturated carbocycles. The van der Waals surface area contributed by atoms with Crippen LogP contribution in [-0.4, -0.2) is 20.9 Å². The Kier molecular flexibility index (Phi) is 4.18. The Morgan fingerprint density at radius 2 is 2.14 bits per heavy atom. The van der Waals surface area contributed by atoms with Crippen LogP contribution in [0.3, 0.4) is 0 Å². The largest absolute Gasteiger partial charge is 0.337 e. The molecule has 1 aliphatic rings. The number of carbonyl (C=O) groups is 1. The highest BCUT2D eigenvalue weighted by Crippen LogP contribution is 2.33. The zero-order chi connectivity index (χ0) is 15.5. The van der Waals surface area contributed by atoms with Gasteiger partial charge in [-0.25, -0.2) is 4.39 Å². The molecular weight excluding hydrogens is 285 g/mol. The number of likely N-dealkylation sites (tertiary alicyclic amines) is 1. The minimum absolute atomic E-state index is 0.0598. The topological polar surface area (TPSA) is 59.2 Å². The van der Waals surface area contributed by atoms with Crippen LogP contribution in [0.4, 0.5) is 4.39 Å². The van der Waals surface area contributed by atoms with Gasteiger partial charge in [0.05, 0.1) is 0 Å². The van der Waals surface area contributed by atoms with Crippen molar-refractivity contribution in [3.63, 3.8) is 0 Å². The molecule has 0 radical (unpaired) electrons. The molecule has 0 spiro atoms. The molecule has 22 heavy (non-hydrogen) atoms. The summed E-state index contributed by atoms with van der Waals surface area (Å²) in [5, 5.41) is 3.95. The van der Waals surface area contributed by atoms with E-state index in [1.807, 2.05) is 0 Å². The van der Waals surface area contributed by atoms with Crippen molar-refractivity contribution >= 4 is 5.91 Å². The van der Waals surface area contributed by atoms with Crippen molar-refractivity contribution in [2.75, 3.05) is 0 Å². The second-order valence-corrected chi connectivity index (χ2v) is 5.50. The molecular formula is C16H18FN3O2. The summed E-state index contributed by atoms with van der Waals surface area (Å²) in [6, 6.07) is 5.99. The molecule has 3 rings (SSSR count). The summed E-state index contributed by atoms with van der Waals surface area (Å²) in [5.74, 6) is 0.953. The lowest BCUT2D eigenvalue weighted by Gasteiger charge is -2.22. The van der Waals surface area contributed by atoms with Crippen LogP contribution in [0.15, 0.2) is 28.8 Å². The van der Waals surface area contributed by atoms with Crippen molar-refractivity contribution in [2.45, 2.75) is 45.2 Å². The molecule has 1 atom stereocenters. The minimum atomic E-state index is -0.283. The van der Waals surface area contributed by atoms with E-state index in [1.54, 1.807) is 17.0 Å². The van der Waals surface area contributed by atoms with Crippen molar-refractivity contribution in [3.8, 4) is 0 Å². The number of nitrogens with zero attached hydrogens (tertiary/aromatic N) is 3. The lowest BCUT2D eigenvalue weighted by molar-refractivity contribution is -0.129. The van der Waals surface area contributed by atoms with Gasteiger partial charge in [-0.3, -0.25) is 4.79 Å². The summed E-state index contributed by atoms with van der Waals surface area (Å²) in [7, 11) is 0. The number of benzene rings is 1. The summed E-state index contributed by atoms with van der Waals surface area (Å²) in [5.41, 5.74) is 0.884. The van der Waals surface area contributed by atoms with Crippen molar-refractivity contribution in [1.29, 1.82) is 0 Å². The Balaban J connectivity index is 1.77. The Labute approximate surface area is 128 Å². The molecule has 1 saturated heterocycles. The first-order valence-corrected chi connectivity index (χ1v) is 7.53. The normalized spacial score (nSPS) is 18.2. The molecule has 6 heteroatoms. The average molecular weight is 303 g/mol. The van der Waals surface area contributed by atoms with Gasteiger partial charge in [0.1, 0.15) is 11.9 Å². The van der Waals surface area contributed by atoms with E-state index >= 15 is 0 Å². The van der Waals surface area contributed by atoms with Gasteiger partial charge in [-0.1, -0.05) is 24.2 Å². The van der Waals surface area contributed by atoms with Crippen LogP contribution in [-0.2, 0) is 17.8 Å². The Hall–Kier alpha value is -2.24. The molecule has 0 N–H and O–H groups in total. The summed E-state index contributed by atoms with van der Waals surface area (Å²) in [4.78, 5) is 18.2. The highest BCUT2D eigenvalue weighted by Gasteiger charge is 2.35.